The van der Waals surface area contributed by atoms with Gasteiger partial charge in [-0.05, 0) is 19.5 Å². The first-order chi connectivity index (χ1) is 7.70. The lowest BCUT2D eigenvalue weighted by molar-refractivity contribution is -0.0294. The maximum absolute atomic E-state index is 5.91. The number of para-hydroxylation sites is 1. The molecule has 3 nitrogen and oxygen atoms in total. The van der Waals surface area contributed by atoms with Gasteiger partial charge in [0.25, 0.3) is 0 Å². The van der Waals surface area contributed by atoms with E-state index in [0.29, 0.717) is 6.17 Å². The maximum atomic E-state index is 5.91. The molecule has 86 valence electrons. The van der Waals surface area contributed by atoms with Gasteiger partial charge in [0, 0.05) is 32.0 Å². The number of anilines is 1. The summed E-state index contributed by atoms with van der Waals surface area (Å²) in [5, 5.41) is 0. The molecule has 16 heavy (non-hydrogen) atoms. The van der Waals surface area contributed by atoms with E-state index in [2.05, 4.69) is 48.2 Å². The minimum absolute atomic E-state index is 0.125. The van der Waals surface area contributed by atoms with Gasteiger partial charge in [-0.15, -0.1) is 0 Å². The van der Waals surface area contributed by atoms with Crippen LogP contribution in [0, 0.1) is 0 Å². The topological polar surface area (TPSA) is 15.7 Å². The van der Waals surface area contributed by atoms with Gasteiger partial charge in [-0.25, -0.2) is 0 Å². The lowest BCUT2D eigenvalue weighted by Gasteiger charge is -2.33. The van der Waals surface area contributed by atoms with E-state index < -0.39 is 0 Å². The van der Waals surface area contributed by atoms with Crippen molar-refractivity contribution in [3.05, 3.63) is 29.8 Å². The van der Waals surface area contributed by atoms with E-state index in [4.69, 9.17) is 4.74 Å². The molecule has 0 aliphatic carbocycles. The second kappa shape index (κ2) is 3.22. The quantitative estimate of drug-likeness (QED) is 0.712. The van der Waals surface area contributed by atoms with Gasteiger partial charge < -0.3 is 9.64 Å². The Hall–Kier alpha value is -1.06. The molecule has 0 spiro atoms. The molecule has 2 aliphatic rings. The van der Waals surface area contributed by atoms with E-state index in [1.54, 1.807) is 0 Å². The highest BCUT2D eigenvalue weighted by Crippen LogP contribution is 2.51. The molecule has 0 radical (unpaired) electrons. The first-order valence-corrected chi connectivity index (χ1v) is 5.78. The van der Waals surface area contributed by atoms with Gasteiger partial charge in [0.15, 0.2) is 0 Å². The number of hydrogen-bond acceptors (Lipinski definition) is 3. The molecule has 3 rings (SSSR count). The van der Waals surface area contributed by atoms with Crippen molar-refractivity contribution >= 4 is 5.69 Å². The Morgan fingerprint density at radius 1 is 1.31 bits per heavy atom. The first-order valence-electron chi connectivity index (χ1n) is 5.78. The Morgan fingerprint density at radius 3 is 2.81 bits per heavy atom. The van der Waals surface area contributed by atoms with Crippen LogP contribution in [0.5, 0.6) is 0 Å². The third-order valence-electron chi connectivity index (χ3n) is 4.14. The predicted octanol–water partition coefficient (Wildman–Crippen LogP) is 1.64. The normalized spacial score (nSPS) is 32.9. The third kappa shape index (κ3) is 1.00. The van der Waals surface area contributed by atoms with E-state index in [1.165, 1.54) is 11.3 Å². The van der Waals surface area contributed by atoms with Crippen molar-refractivity contribution in [2.75, 3.05) is 32.6 Å². The summed E-state index contributed by atoms with van der Waals surface area (Å²) in [6.07, 6.45) is 1.42. The Labute approximate surface area is 96.6 Å². The van der Waals surface area contributed by atoms with Crippen LogP contribution in [0.3, 0.4) is 0 Å². The monoisotopic (exact) mass is 218 g/mol. The summed E-state index contributed by atoms with van der Waals surface area (Å²) >= 11 is 0. The van der Waals surface area contributed by atoms with Gasteiger partial charge in [0.2, 0.25) is 0 Å². The number of fused-ring (bicyclic) bond motifs is 3. The molecule has 3 heteroatoms. The number of likely N-dealkylation sites (N-methyl/N-ethyl adjacent to an activating group) is 2. The van der Waals surface area contributed by atoms with Gasteiger partial charge in [0.05, 0.1) is 0 Å². The fraction of sp³-hybridized carbons (Fsp3) is 0.538. The maximum Gasteiger partial charge on any atom is 0.130 e. The summed E-state index contributed by atoms with van der Waals surface area (Å²) in [6, 6.07) is 8.59. The first kappa shape index (κ1) is 10.1. The van der Waals surface area contributed by atoms with Crippen LogP contribution in [0.2, 0.25) is 0 Å². The second-order valence-electron chi connectivity index (χ2n) is 4.83. The number of likely N-dealkylation sites (tertiary alicyclic amines) is 1. The molecule has 0 bridgehead atoms. The van der Waals surface area contributed by atoms with Crippen molar-refractivity contribution in [1.82, 2.24) is 4.90 Å². The number of benzene rings is 1. The number of methoxy groups -OCH3 is 1. The Bertz CT molecular complexity index is 420. The molecule has 1 fully saturated rings. The van der Waals surface area contributed by atoms with E-state index in [-0.39, 0.29) is 5.60 Å². The summed E-state index contributed by atoms with van der Waals surface area (Å²) < 4.78 is 5.91. The van der Waals surface area contributed by atoms with E-state index >= 15 is 0 Å². The van der Waals surface area contributed by atoms with Gasteiger partial charge in [-0.1, -0.05) is 18.2 Å². The van der Waals surface area contributed by atoms with Crippen molar-refractivity contribution in [2.45, 2.75) is 18.2 Å². The van der Waals surface area contributed by atoms with Crippen molar-refractivity contribution in [2.24, 2.45) is 0 Å². The second-order valence-corrected chi connectivity index (χ2v) is 4.83. The van der Waals surface area contributed by atoms with Crippen LogP contribution < -0.4 is 4.90 Å². The molecule has 0 N–H and O–H groups in total. The van der Waals surface area contributed by atoms with E-state index in [9.17, 15) is 0 Å². The van der Waals surface area contributed by atoms with Crippen molar-refractivity contribution in [1.29, 1.82) is 0 Å². The van der Waals surface area contributed by atoms with Crippen LogP contribution in [0.25, 0.3) is 0 Å². The molecule has 1 saturated heterocycles. The summed E-state index contributed by atoms with van der Waals surface area (Å²) in [6.45, 7) is 1.09. The highest BCUT2D eigenvalue weighted by Gasteiger charge is 2.55. The third-order valence-corrected chi connectivity index (χ3v) is 4.14. The van der Waals surface area contributed by atoms with Gasteiger partial charge >= 0.3 is 0 Å². The fourth-order valence-electron chi connectivity index (χ4n) is 3.42. The largest absolute Gasteiger partial charge is 0.370 e. The lowest BCUT2D eigenvalue weighted by atomic mass is 9.92. The minimum atomic E-state index is -0.125. The molecule has 1 aromatic carbocycles. The van der Waals surface area contributed by atoms with Crippen molar-refractivity contribution in [3.63, 3.8) is 0 Å². The lowest BCUT2D eigenvalue weighted by Crippen LogP contribution is -2.47. The van der Waals surface area contributed by atoms with E-state index in [0.717, 1.165) is 13.0 Å². The number of ether oxygens (including phenoxy) is 1. The number of rotatable bonds is 1. The summed E-state index contributed by atoms with van der Waals surface area (Å²) in [4.78, 5) is 4.72. The molecule has 2 heterocycles. The standard InChI is InChI=1S/C13H18N2O/c1-14-9-8-13(16-3)10-6-4-5-7-11(10)15(2)12(13)14/h4-7,12H,8-9H2,1-3H3/t12-,13-/m0/s1. The van der Waals surface area contributed by atoms with Crippen LogP contribution in [-0.4, -0.2) is 38.8 Å². The summed E-state index contributed by atoms with van der Waals surface area (Å²) in [5.74, 6) is 0. The average Bonchev–Trinajstić information content (AvgIpc) is 2.78. The van der Waals surface area contributed by atoms with Crippen molar-refractivity contribution < 1.29 is 4.74 Å². The highest BCUT2D eigenvalue weighted by molar-refractivity contribution is 5.63. The fourth-order valence-corrected chi connectivity index (χ4v) is 3.42. The van der Waals surface area contributed by atoms with Crippen LogP contribution in [0.4, 0.5) is 5.69 Å². The van der Waals surface area contributed by atoms with Crippen LogP contribution in [0.1, 0.15) is 12.0 Å². The highest BCUT2D eigenvalue weighted by atomic mass is 16.5. The predicted molar refractivity (Wildman–Crippen MR) is 64.6 cm³/mol. The smallest absolute Gasteiger partial charge is 0.130 e. The number of nitrogens with zero attached hydrogens (tertiary/aromatic N) is 2. The van der Waals surface area contributed by atoms with Crippen LogP contribution in [0.15, 0.2) is 24.3 Å². The zero-order valence-corrected chi connectivity index (χ0v) is 10.1. The van der Waals surface area contributed by atoms with Crippen LogP contribution >= 0.6 is 0 Å². The zero-order chi connectivity index (χ0) is 11.3. The summed E-state index contributed by atoms with van der Waals surface area (Å²) in [5.41, 5.74) is 2.52. The molecule has 2 aliphatic heterocycles. The molecule has 0 unspecified atom stereocenters. The molecule has 0 amide bonds. The molecular formula is C13H18N2O. The molecule has 0 saturated carbocycles. The Balaban J connectivity index is 2.20. The van der Waals surface area contributed by atoms with Crippen LogP contribution in [-0.2, 0) is 10.3 Å². The Kier molecular flexibility index (Phi) is 2.03. The summed E-state index contributed by atoms with van der Waals surface area (Å²) in [7, 11) is 6.17. The minimum Gasteiger partial charge on any atom is -0.370 e. The average molecular weight is 218 g/mol. The molecular weight excluding hydrogens is 200 g/mol. The Morgan fingerprint density at radius 2 is 2.06 bits per heavy atom. The molecule has 1 aromatic rings. The zero-order valence-electron chi connectivity index (χ0n) is 10.1. The molecule has 0 aromatic heterocycles. The van der Waals surface area contributed by atoms with Gasteiger partial charge in [0.1, 0.15) is 11.8 Å². The van der Waals surface area contributed by atoms with E-state index in [1.807, 2.05) is 7.11 Å². The molecule has 2 atom stereocenters. The van der Waals surface area contributed by atoms with Crippen molar-refractivity contribution in [3.8, 4) is 0 Å². The van der Waals surface area contributed by atoms with Gasteiger partial charge in [-0.2, -0.15) is 0 Å². The number of hydrogen-bond donors (Lipinski definition) is 0. The van der Waals surface area contributed by atoms with Gasteiger partial charge in [-0.3, -0.25) is 4.90 Å². The SMILES string of the molecule is CO[C@]12CCN(C)[C@H]1N(C)c1ccccc12.